The maximum absolute atomic E-state index is 12.4. The van der Waals surface area contributed by atoms with Gasteiger partial charge in [-0.2, -0.15) is 0 Å². The molecule has 2 atom stereocenters. The lowest BCUT2D eigenvalue weighted by atomic mass is 9.89. The molecule has 0 bridgehead atoms. The normalized spacial score (nSPS) is 22.6. The van der Waals surface area contributed by atoms with E-state index in [1.54, 1.807) is 11.8 Å². The van der Waals surface area contributed by atoms with E-state index in [0.717, 1.165) is 13.1 Å². The number of nitrogens with zero attached hydrogens (tertiary/aromatic N) is 1. The summed E-state index contributed by atoms with van der Waals surface area (Å²) in [5.41, 5.74) is 7.22. The lowest BCUT2D eigenvalue weighted by Gasteiger charge is -2.21. The Morgan fingerprint density at radius 1 is 1.29 bits per heavy atom. The monoisotopic (exact) mass is 306 g/mol. The van der Waals surface area contributed by atoms with Gasteiger partial charge in [0.05, 0.1) is 5.75 Å². The Balaban J connectivity index is 2.00. The van der Waals surface area contributed by atoms with Gasteiger partial charge in [-0.1, -0.05) is 51.1 Å². The fourth-order valence-electron chi connectivity index (χ4n) is 2.76. The van der Waals surface area contributed by atoms with E-state index in [0.29, 0.717) is 24.1 Å². The highest BCUT2D eigenvalue weighted by Gasteiger charge is 2.35. The van der Waals surface area contributed by atoms with Crippen LogP contribution in [-0.4, -0.2) is 40.9 Å². The number of nitrogens with two attached hydrogens (primary N) is 1. The number of hydrogen-bond donors (Lipinski definition) is 1. The number of benzene rings is 1. The quantitative estimate of drug-likeness (QED) is 0.930. The summed E-state index contributed by atoms with van der Waals surface area (Å²) in [5, 5.41) is 0. The molecule has 4 heteroatoms. The van der Waals surface area contributed by atoms with Gasteiger partial charge in [0.15, 0.2) is 0 Å². The second kappa shape index (κ2) is 6.84. The molecule has 0 aliphatic carbocycles. The molecule has 1 saturated heterocycles. The molecular weight excluding hydrogens is 280 g/mol. The Kier molecular flexibility index (Phi) is 5.33. The van der Waals surface area contributed by atoms with Crippen molar-refractivity contribution in [1.29, 1.82) is 0 Å². The third-order valence-electron chi connectivity index (χ3n) is 3.95. The fraction of sp³-hybridized carbons (Fsp3) is 0.588. The minimum absolute atomic E-state index is 0.126. The molecule has 0 unspecified atom stereocenters. The maximum atomic E-state index is 12.4. The van der Waals surface area contributed by atoms with Gasteiger partial charge < -0.3 is 10.6 Å². The van der Waals surface area contributed by atoms with Gasteiger partial charge in [0, 0.05) is 23.8 Å². The second-order valence-corrected chi connectivity index (χ2v) is 8.51. The highest BCUT2D eigenvalue weighted by atomic mass is 32.2. The lowest BCUT2D eigenvalue weighted by molar-refractivity contribution is -0.127. The topological polar surface area (TPSA) is 46.3 Å². The molecule has 3 nitrogen and oxygen atoms in total. The minimum Gasteiger partial charge on any atom is -0.341 e. The molecule has 0 spiro atoms. The van der Waals surface area contributed by atoms with Gasteiger partial charge in [-0.05, 0) is 18.0 Å². The van der Waals surface area contributed by atoms with E-state index < -0.39 is 0 Å². The molecule has 0 radical (unpaired) electrons. The van der Waals surface area contributed by atoms with E-state index in [9.17, 15) is 4.79 Å². The van der Waals surface area contributed by atoms with E-state index in [2.05, 4.69) is 45.0 Å². The molecule has 1 amide bonds. The first kappa shape index (κ1) is 16.4. The summed E-state index contributed by atoms with van der Waals surface area (Å²) in [6.45, 7) is 8.66. The van der Waals surface area contributed by atoms with Gasteiger partial charge in [0.1, 0.15) is 0 Å². The van der Waals surface area contributed by atoms with Gasteiger partial charge in [-0.3, -0.25) is 4.79 Å². The summed E-state index contributed by atoms with van der Waals surface area (Å²) in [7, 11) is 0. The van der Waals surface area contributed by atoms with Crippen LogP contribution in [0.5, 0.6) is 0 Å². The SMILES string of the molecule is CC(C)(C)SCC(=O)N1C[C@@H](CN)[C@H](c2ccccc2)C1. The standard InChI is InChI=1S/C17H26N2OS/c1-17(2,3)21-12-16(20)19-10-14(9-18)15(11-19)13-7-5-4-6-8-13/h4-8,14-15H,9-12,18H2,1-3H3/t14-,15+/m1/s1. The van der Waals surface area contributed by atoms with E-state index in [1.807, 2.05) is 11.0 Å². The Hall–Kier alpha value is -1.00. The van der Waals surface area contributed by atoms with Crippen molar-refractivity contribution in [2.45, 2.75) is 31.4 Å². The Labute approximate surface area is 132 Å². The molecular formula is C17H26N2OS. The molecule has 2 N–H and O–H groups in total. The molecule has 0 saturated carbocycles. The minimum atomic E-state index is 0.126. The largest absolute Gasteiger partial charge is 0.341 e. The average Bonchev–Trinajstić information content (AvgIpc) is 2.89. The maximum Gasteiger partial charge on any atom is 0.232 e. The van der Waals surface area contributed by atoms with E-state index >= 15 is 0 Å². The fourth-order valence-corrected chi connectivity index (χ4v) is 3.50. The van der Waals surface area contributed by atoms with Crippen LogP contribution in [0, 0.1) is 5.92 Å². The van der Waals surface area contributed by atoms with Crippen molar-refractivity contribution in [3.8, 4) is 0 Å². The highest BCUT2D eigenvalue weighted by molar-refractivity contribution is 8.01. The van der Waals surface area contributed by atoms with Crippen molar-refractivity contribution >= 4 is 17.7 Å². The van der Waals surface area contributed by atoms with Crippen molar-refractivity contribution < 1.29 is 4.79 Å². The second-order valence-electron chi connectivity index (χ2n) is 6.71. The molecule has 1 aromatic carbocycles. The van der Waals surface area contributed by atoms with E-state index in [4.69, 9.17) is 5.73 Å². The average molecular weight is 306 g/mol. The number of hydrogen-bond acceptors (Lipinski definition) is 3. The number of rotatable bonds is 4. The molecule has 2 rings (SSSR count). The molecule has 1 aliphatic rings. The summed E-state index contributed by atoms with van der Waals surface area (Å²) in [6.07, 6.45) is 0. The molecule has 1 aromatic rings. The first-order chi connectivity index (χ1) is 9.90. The van der Waals surface area contributed by atoms with Crippen LogP contribution in [0.1, 0.15) is 32.3 Å². The van der Waals surface area contributed by atoms with Crippen LogP contribution in [0.2, 0.25) is 0 Å². The number of carbonyl (C=O) groups is 1. The zero-order valence-electron chi connectivity index (χ0n) is 13.2. The highest BCUT2D eigenvalue weighted by Crippen LogP contribution is 2.33. The van der Waals surface area contributed by atoms with Gasteiger partial charge in [-0.15, -0.1) is 11.8 Å². The Morgan fingerprint density at radius 2 is 1.95 bits per heavy atom. The van der Waals surface area contributed by atoms with Crippen LogP contribution in [0.25, 0.3) is 0 Å². The summed E-state index contributed by atoms with van der Waals surface area (Å²) in [5.74, 6) is 1.55. The third kappa shape index (κ3) is 4.48. The molecule has 0 aromatic heterocycles. The van der Waals surface area contributed by atoms with Gasteiger partial charge >= 0.3 is 0 Å². The van der Waals surface area contributed by atoms with Gasteiger partial charge in [0.25, 0.3) is 0 Å². The van der Waals surface area contributed by atoms with Crippen molar-refractivity contribution in [2.24, 2.45) is 11.7 Å². The van der Waals surface area contributed by atoms with Crippen LogP contribution < -0.4 is 5.73 Å². The van der Waals surface area contributed by atoms with Gasteiger partial charge in [-0.25, -0.2) is 0 Å². The zero-order valence-corrected chi connectivity index (χ0v) is 14.0. The predicted octanol–water partition coefficient (Wildman–Crippen LogP) is 2.72. The number of thioether (sulfide) groups is 1. The molecule has 116 valence electrons. The number of amides is 1. The van der Waals surface area contributed by atoms with Crippen molar-refractivity contribution in [3.63, 3.8) is 0 Å². The van der Waals surface area contributed by atoms with Crippen LogP contribution in [0.15, 0.2) is 30.3 Å². The zero-order chi connectivity index (χ0) is 15.5. The first-order valence-corrected chi connectivity index (χ1v) is 8.56. The summed E-state index contributed by atoms with van der Waals surface area (Å²) >= 11 is 1.71. The predicted molar refractivity (Wildman–Crippen MR) is 90.5 cm³/mol. The van der Waals surface area contributed by atoms with Crippen molar-refractivity contribution in [1.82, 2.24) is 4.90 Å². The summed E-state index contributed by atoms with van der Waals surface area (Å²) < 4.78 is 0.126. The smallest absolute Gasteiger partial charge is 0.232 e. The Morgan fingerprint density at radius 3 is 2.52 bits per heavy atom. The van der Waals surface area contributed by atoms with Crippen LogP contribution in [-0.2, 0) is 4.79 Å². The Bertz CT molecular complexity index is 469. The first-order valence-electron chi connectivity index (χ1n) is 7.57. The van der Waals surface area contributed by atoms with Gasteiger partial charge in [0.2, 0.25) is 5.91 Å². The van der Waals surface area contributed by atoms with Crippen LogP contribution in [0.4, 0.5) is 0 Å². The van der Waals surface area contributed by atoms with E-state index in [-0.39, 0.29) is 10.7 Å². The summed E-state index contributed by atoms with van der Waals surface area (Å²) in [6, 6.07) is 10.4. The van der Waals surface area contributed by atoms with Crippen LogP contribution in [0.3, 0.4) is 0 Å². The number of likely N-dealkylation sites (tertiary alicyclic amines) is 1. The molecule has 1 heterocycles. The van der Waals surface area contributed by atoms with E-state index in [1.165, 1.54) is 5.56 Å². The summed E-state index contributed by atoms with van der Waals surface area (Å²) in [4.78, 5) is 14.4. The van der Waals surface area contributed by atoms with Crippen molar-refractivity contribution in [3.05, 3.63) is 35.9 Å². The number of carbonyl (C=O) groups excluding carboxylic acids is 1. The molecule has 1 fully saturated rings. The molecule has 1 aliphatic heterocycles. The van der Waals surface area contributed by atoms with Crippen molar-refractivity contribution in [2.75, 3.05) is 25.4 Å². The third-order valence-corrected chi connectivity index (χ3v) is 5.21. The lowest BCUT2D eigenvalue weighted by Crippen LogP contribution is -2.32. The van der Waals surface area contributed by atoms with Crippen LogP contribution >= 0.6 is 11.8 Å². The molecule has 21 heavy (non-hydrogen) atoms.